The fraction of sp³-hybridized carbons (Fsp3) is 0.444. The number of carbonyl (C=O) groups is 2. The molecule has 2 aromatic rings. The van der Waals surface area contributed by atoms with Crippen molar-refractivity contribution >= 4 is 34.9 Å². The van der Waals surface area contributed by atoms with Gasteiger partial charge in [-0.3, -0.25) is 9.59 Å². The molecule has 1 aromatic carbocycles. The number of rotatable bonds is 5. The Labute approximate surface area is 165 Å². The van der Waals surface area contributed by atoms with E-state index >= 15 is 0 Å². The molecular formula is C18H20ClFN4O2S. The molecule has 144 valence electrons. The van der Waals surface area contributed by atoms with Crippen molar-refractivity contribution in [2.45, 2.75) is 51.2 Å². The van der Waals surface area contributed by atoms with Crippen LogP contribution in [0.25, 0.3) is 0 Å². The molecule has 0 aliphatic heterocycles. The maximum Gasteiger partial charge on any atom is 0.276 e. The minimum Gasteiger partial charge on any atom is -0.349 e. The summed E-state index contributed by atoms with van der Waals surface area (Å²) in [5.74, 6) is -1.58. The van der Waals surface area contributed by atoms with Gasteiger partial charge in [0.25, 0.3) is 5.91 Å². The average Bonchev–Trinajstić information content (AvgIpc) is 3.24. The summed E-state index contributed by atoms with van der Waals surface area (Å²) in [7, 11) is 0. The molecule has 1 saturated carbocycles. The molecule has 0 spiro atoms. The highest BCUT2D eigenvalue weighted by Gasteiger charge is 2.44. The van der Waals surface area contributed by atoms with Crippen molar-refractivity contribution in [2.75, 3.05) is 0 Å². The molecule has 0 saturated heterocycles. The molecule has 3 rings (SSSR count). The molecule has 1 N–H and O–H groups in total. The van der Waals surface area contributed by atoms with E-state index < -0.39 is 29.2 Å². The summed E-state index contributed by atoms with van der Waals surface area (Å²) < 4.78 is 18.4. The lowest BCUT2D eigenvalue weighted by Gasteiger charge is -2.34. The van der Waals surface area contributed by atoms with E-state index in [2.05, 4.69) is 14.9 Å². The van der Waals surface area contributed by atoms with E-state index in [4.69, 9.17) is 11.6 Å². The van der Waals surface area contributed by atoms with Gasteiger partial charge >= 0.3 is 0 Å². The summed E-state index contributed by atoms with van der Waals surface area (Å²) in [4.78, 5) is 27.6. The maximum absolute atomic E-state index is 14.7. The third-order valence-corrected chi connectivity index (χ3v) is 4.89. The van der Waals surface area contributed by atoms with Crippen LogP contribution in [-0.2, 0) is 4.79 Å². The van der Waals surface area contributed by atoms with Crippen molar-refractivity contribution < 1.29 is 14.0 Å². The molecule has 27 heavy (non-hydrogen) atoms. The summed E-state index contributed by atoms with van der Waals surface area (Å²) in [5.41, 5.74) is -0.440. The molecule has 1 aliphatic carbocycles. The monoisotopic (exact) mass is 410 g/mol. The molecule has 1 aliphatic rings. The zero-order valence-electron chi connectivity index (χ0n) is 15.2. The molecule has 2 amide bonds. The van der Waals surface area contributed by atoms with Crippen LogP contribution in [0.2, 0.25) is 5.02 Å². The highest BCUT2D eigenvalue weighted by molar-refractivity contribution is 7.03. The molecule has 1 unspecified atom stereocenters. The van der Waals surface area contributed by atoms with Gasteiger partial charge in [0, 0.05) is 27.5 Å². The molecule has 1 heterocycles. The van der Waals surface area contributed by atoms with Crippen molar-refractivity contribution in [1.82, 2.24) is 19.8 Å². The lowest BCUT2D eigenvalue weighted by atomic mass is 10.0. The predicted molar refractivity (Wildman–Crippen MR) is 101 cm³/mol. The van der Waals surface area contributed by atoms with Gasteiger partial charge in [0.05, 0.1) is 0 Å². The highest BCUT2D eigenvalue weighted by atomic mass is 35.5. The first kappa shape index (κ1) is 19.7. The van der Waals surface area contributed by atoms with Crippen molar-refractivity contribution in [3.63, 3.8) is 0 Å². The van der Waals surface area contributed by atoms with Crippen LogP contribution >= 0.6 is 23.1 Å². The van der Waals surface area contributed by atoms with E-state index in [9.17, 15) is 14.0 Å². The summed E-state index contributed by atoms with van der Waals surface area (Å²) in [6.07, 6.45) is 1.46. The summed E-state index contributed by atoms with van der Waals surface area (Å²) >= 11 is 7.29. The van der Waals surface area contributed by atoms with Gasteiger partial charge in [-0.25, -0.2) is 4.39 Å². The number of hydrogen-bond donors (Lipinski definition) is 1. The summed E-state index contributed by atoms with van der Waals surface area (Å²) in [6, 6.07) is 2.84. The van der Waals surface area contributed by atoms with Gasteiger partial charge in [0.1, 0.15) is 11.9 Å². The zero-order chi connectivity index (χ0) is 19.8. The Morgan fingerprint density at radius 3 is 2.59 bits per heavy atom. The second-order valence-electron chi connectivity index (χ2n) is 7.51. The van der Waals surface area contributed by atoms with Gasteiger partial charge in [-0.15, -0.1) is 5.10 Å². The Balaban J connectivity index is 2.10. The predicted octanol–water partition coefficient (Wildman–Crippen LogP) is 3.59. The first-order valence-corrected chi connectivity index (χ1v) is 9.76. The Hall–Kier alpha value is -2.06. The Morgan fingerprint density at radius 1 is 1.37 bits per heavy atom. The lowest BCUT2D eigenvalue weighted by molar-refractivity contribution is -0.127. The van der Waals surface area contributed by atoms with E-state index in [0.717, 1.165) is 24.4 Å². The van der Waals surface area contributed by atoms with E-state index in [0.29, 0.717) is 0 Å². The van der Waals surface area contributed by atoms with Crippen molar-refractivity contribution in [3.8, 4) is 0 Å². The van der Waals surface area contributed by atoms with Gasteiger partial charge in [-0.2, -0.15) is 0 Å². The minimum absolute atomic E-state index is 0.00986. The first-order chi connectivity index (χ1) is 12.7. The van der Waals surface area contributed by atoms with Crippen LogP contribution in [0.1, 0.15) is 55.7 Å². The quantitative estimate of drug-likeness (QED) is 0.817. The number of amides is 2. The SMILES string of the molecule is CC(C)(C)NC(=O)C(c1c(F)cccc1Cl)N(C(=O)c1csnn1)C1CC1. The van der Waals surface area contributed by atoms with Crippen molar-refractivity contribution in [2.24, 2.45) is 0 Å². The molecule has 1 aromatic heterocycles. The van der Waals surface area contributed by atoms with Gasteiger partial charge in [0.2, 0.25) is 5.91 Å². The Kier molecular flexibility index (Phi) is 5.48. The minimum atomic E-state index is -1.19. The highest BCUT2D eigenvalue weighted by Crippen LogP contribution is 2.39. The summed E-state index contributed by atoms with van der Waals surface area (Å²) in [6.45, 7) is 5.45. The zero-order valence-corrected chi connectivity index (χ0v) is 16.8. The normalized spacial score (nSPS) is 15.3. The van der Waals surface area contributed by atoms with Gasteiger partial charge in [-0.1, -0.05) is 22.2 Å². The van der Waals surface area contributed by atoms with Crippen LogP contribution in [-0.4, -0.2) is 37.9 Å². The average molecular weight is 411 g/mol. The lowest BCUT2D eigenvalue weighted by Crippen LogP contribution is -2.50. The third kappa shape index (κ3) is 4.44. The smallest absolute Gasteiger partial charge is 0.276 e. The number of nitrogens with one attached hydrogen (secondary N) is 1. The van der Waals surface area contributed by atoms with E-state index in [1.807, 2.05) is 20.8 Å². The van der Waals surface area contributed by atoms with Crippen molar-refractivity contribution in [1.29, 1.82) is 0 Å². The van der Waals surface area contributed by atoms with Crippen LogP contribution in [0.3, 0.4) is 0 Å². The second-order valence-corrected chi connectivity index (χ2v) is 8.53. The van der Waals surface area contributed by atoms with Crippen LogP contribution in [0.5, 0.6) is 0 Å². The maximum atomic E-state index is 14.7. The molecule has 6 nitrogen and oxygen atoms in total. The Bertz CT molecular complexity index is 829. The Morgan fingerprint density at radius 2 is 2.07 bits per heavy atom. The summed E-state index contributed by atoms with van der Waals surface area (Å²) in [5, 5.41) is 8.27. The standard InChI is InChI=1S/C18H20ClFN4O2S/c1-18(2,3)21-16(25)15(14-11(19)5-4-6-12(14)20)24(10-7-8-10)17(26)13-9-27-23-22-13/h4-6,9-10,15H,7-8H2,1-3H3,(H,21,25). The van der Waals surface area contributed by atoms with Crippen LogP contribution in [0.4, 0.5) is 4.39 Å². The first-order valence-electron chi connectivity index (χ1n) is 8.54. The number of nitrogens with zero attached hydrogens (tertiary/aromatic N) is 3. The largest absolute Gasteiger partial charge is 0.349 e. The van der Waals surface area contributed by atoms with Crippen LogP contribution in [0.15, 0.2) is 23.6 Å². The number of benzene rings is 1. The fourth-order valence-corrected chi connectivity index (χ4v) is 3.54. The molecule has 0 radical (unpaired) electrons. The number of aromatic nitrogens is 2. The number of hydrogen-bond acceptors (Lipinski definition) is 5. The van der Waals surface area contributed by atoms with Gasteiger partial charge in [-0.05, 0) is 57.3 Å². The fourth-order valence-electron chi connectivity index (χ4n) is 2.84. The molecule has 1 atom stereocenters. The van der Waals surface area contributed by atoms with E-state index in [1.54, 1.807) is 0 Å². The second kappa shape index (κ2) is 7.52. The van der Waals surface area contributed by atoms with Gasteiger partial charge in [0.15, 0.2) is 5.69 Å². The number of halogens is 2. The van der Waals surface area contributed by atoms with Crippen molar-refractivity contribution in [3.05, 3.63) is 45.7 Å². The topological polar surface area (TPSA) is 75.2 Å². The molecular weight excluding hydrogens is 391 g/mol. The van der Waals surface area contributed by atoms with Crippen LogP contribution in [0, 0.1) is 5.82 Å². The third-order valence-electron chi connectivity index (χ3n) is 4.05. The molecule has 1 fully saturated rings. The van der Waals surface area contributed by atoms with Gasteiger partial charge < -0.3 is 10.2 Å². The number of carbonyl (C=O) groups excluding carboxylic acids is 2. The molecule has 0 bridgehead atoms. The van der Waals surface area contributed by atoms with Crippen LogP contribution < -0.4 is 5.32 Å². The van der Waals surface area contributed by atoms with E-state index in [1.165, 1.54) is 28.5 Å². The van der Waals surface area contributed by atoms with E-state index in [-0.39, 0.29) is 22.3 Å². The molecule has 9 heteroatoms.